The highest BCUT2D eigenvalue weighted by Crippen LogP contribution is 2.24. The van der Waals surface area contributed by atoms with Gasteiger partial charge >= 0.3 is 5.97 Å². The van der Waals surface area contributed by atoms with Crippen LogP contribution in [0.4, 0.5) is 5.69 Å². The van der Waals surface area contributed by atoms with Crippen LogP contribution in [0.25, 0.3) is 10.8 Å². The number of hydrogen-bond acceptors (Lipinski definition) is 4. The first-order valence-electron chi connectivity index (χ1n) is 8.70. The number of hydrogen-bond donors (Lipinski definition) is 1. The summed E-state index contributed by atoms with van der Waals surface area (Å²) < 4.78 is 5.26. The Labute approximate surface area is 162 Å². The highest BCUT2D eigenvalue weighted by atomic mass is 32.2. The van der Waals surface area contributed by atoms with Gasteiger partial charge in [0.2, 0.25) is 0 Å². The highest BCUT2D eigenvalue weighted by Gasteiger charge is 2.18. The van der Waals surface area contributed by atoms with Gasteiger partial charge in [0.15, 0.2) is 6.10 Å². The molecule has 3 aromatic rings. The van der Waals surface area contributed by atoms with Gasteiger partial charge in [0.1, 0.15) is 0 Å². The molecule has 0 aliphatic heterocycles. The summed E-state index contributed by atoms with van der Waals surface area (Å²) in [5, 5.41) is 5.07. The number of fused-ring (bicyclic) bond motifs is 1. The second kappa shape index (κ2) is 8.73. The number of carbonyl (C=O) groups is 2. The lowest BCUT2D eigenvalue weighted by Gasteiger charge is -2.14. The Hall–Kier alpha value is -2.79. The van der Waals surface area contributed by atoms with Gasteiger partial charge in [-0.25, -0.2) is 0 Å². The van der Waals surface area contributed by atoms with E-state index in [1.165, 1.54) is 11.8 Å². The van der Waals surface area contributed by atoms with E-state index in [4.69, 9.17) is 4.74 Å². The fourth-order valence-electron chi connectivity index (χ4n) is 2.63. The van der Waals surface area contributed by atoms with E-state index in [-0.39, 0.29) is 11.7 Å². The third-order valence-corrected chi connectivity index (χ3v) is 5.13. The Balaban J connectivity index is 1.52. The summed E-state index contributed by atoms with van der Waals surface area (Å²) in [7, 11) is 0. The number of thioether (sulfide) groups is 1. The van der Waals surface area contributed by atoms with Crippen molar-refractivity contribution in [2.45, 2.75) is 24.8 Å². The zero-order valence-electron chi connectivity index (χ0n) is 15.3. The Morgan fingerprint density at radius 3 is 2.48 bits per heavy atom. The molecule has 5 heteroatoms. The molecule has 0 aliphatic rings. The lowest BCUT2D eigenvalue weighted by atomic mass is 10.1. The minimum atomic E-state index is -0.852. The van der Waals surface area contributed by atoms with Crippen molar-refractivity contribution in [1.82, 2.24) is 0 Å². The third kappa shape index (κ3) is 5.11. The minimum absolute atomic E-state index is 0.153. The minimum Gasteiger partial charge on any atom is -0.452 e. The van der Waals surface area contributed by atoms with E-state index in [9.17, 15) is 9.59 Å². The summed E-state index contributed by atoms with van der Waals surface area (Å²) in [6, 6.07) is 21.6. The van der Waals surface area contributed by atoms with Gasteiger partial charge in [-0.15, -0.1) is 11.8 Å². The molecule has 0 bridgehead atoms. The molecule has 0 heterocycles. The molecule has 138 valence electrons. The fraction of sp³-hybridized carbons (Fsp3) is 0.182. The summed E-state index contributed by atoms with van der Waals surface area (Å²) in [4.78, 5) is 25.3. The average molecular weight is 379 g/mol. The van der Waals surface area contributed by atoms with E-state index in [1.807, 2.05) is 73.7 Å². The van der Waals surface area contributed by atoms with Gasteiger partial charge in [0.05, 0.1) is 5.75 Å². The molecule has 3 aromatic carbocycles. The van der Waals surface area contributed by atoms with Crippen molar-refractivity contribution in [2.24, 2.45) is 0 Å². The fourth-order valence-corrected chi connectivity index (χ4v) is 3.36. The zero-order valence-corrected chi connectivity index (χ0v) is 16.1. The van der Waals surface area contributed by atoms with Crippen LogP contribution in [-0.2, 0) is 14.3 Å². The van der Waals surface area contributed by atoms with Crippen molar-refractivity contribution in [3.05, 3.63) is 72.3 Å². The monoisotopic (exact) mass is 379 g/mol. The molecule has 0 saturated carbocycles. The molecule has 0 saturated heterocycles. The number of nitrogens with one attached hydrogen (secondary N) is 1. The summed E-state index contributed by atoms with van der Waals surface area (Å²) >= 11 is 1.40. The molecule has 1 amide bonds. The van der Waals surface area contributed by atoms with E-state index in [0.717, 1.165) is 26.9 Å². The molecule has 0 spiro atoms. The molecule has 1 N–H and O–H groups in total. The first-order valence-corrected chi connectivity index (χ1v) is 9.69. The van der Waals surface area contributed by atoms with Crippen LogP contribution in [0, 0.1) is 6.92 Å². The van der Waals surface area contributed by atoms with Crippen molar-refractivity contribution in [2.75, 3.05) is 11.1 Å². The molecule has 27 heavy (non-hydrogen) atoms. The van der Waals surface area contributed by atoms with E-state index < -0.39 is 12.1 Å². The van der Waals surface area contributed by atoms with Gasteiger partial charge in [-0.1, -0.05) is 48.5 Å². The lowest BCUT2D eigenvalue weighted by molar-refractivity contribution is -0.150. The standard InChI is InChI=1S/C22H21NO3S/c1-15-7-3-6-10-20(15)23-22(25)16(2)26-21(24)14-27-19-12-11-17-8-4-5-9-18(17)13-19/h3-13,16H,14H2,1-2H3,(H,23,25)/t16-/m1/s1. The van der Waals surface area contributed by atoms with Crippen LogP contribution >= 0.6 is 11.8 Å². The van der Waals surface area contributed by atoms with Gasteiger partial charge < -0.3 is 10.1 Å². The molecule has 0 radical (unpaired) electrons. The number of aryl methyl sites for hydroxylation is 1. The number of ether oxygens (including phenoxy) is 1. The number of benzene rings is 3. The molecule has 0 aromatic heterocycles. The molecular weight excluding hydrogens is 358 g/mol. The largest absolute Gasteiger partial charge is 0.452 e. The zero-order chi connectivity index (χ0) is 19.2. The van der Waals surface area contributed by atoms with Crippen LogP contribution in [-0.4, -0.2) is 23.7 Å². The number of rotatable bonds is 6. The van der Waals surface area contributed by atoms with Crippen LogP contribution in [0.15, 0.2) is 71.6 Å². The SMILES string of the molecule is Cc1ccccc1NC(=O)[C@@H](C)OC(=O)CSc1ccc2ccccc2c1. The van der Waals surface area contributed by atoms with Crippen LogP contribution in [0.5, 0.6) is 0 Å². The molecule has 0 unspecified atom stereocenters. The van der Waals surface area contributed by atoms with Crippen LogP contribution in [0.3, 0.4) is 0 Å². The van der Waals surface area contributed by atoms with E-state index >= 15 is 0 Å². The molecule has 4 nitrogen and oxygen atoms in total. The summed E-state index contributed by atoms with van der Waals surface area (Å²) in [5.74, 6) is -0.603. The molecule has 0 fully saturated rings. The lowest BCUT2D eigenvalue weighted by Crippen LogP contribution is -2.30. The van der Waals surface area contributed by atoms with E-state index in [2.05, 4.69) is 5.32 Å². The highest BCUT2D eigenvalue weighted by molar-refractivity contribution is 8.00. The van der Waals surface area contributed by atoms with E-state index in [1.54, 1.807) is 6.92 Å². The second-order valence-electron chi connectivity index (χ2n) is 6.23. The van der Waals surface area contributed by atoms with Crippen molar-refractivity contribution in [3.63, 3.8) is 0 Å². The second-order valence-corrected chi connectivity index (χ2v) is 7.28. The number of amides is 1. The molecule has 3 rings (SSSR count). The van der Waals surface area contributed by atoms with Gasteiger partial charge in [0, 0.05) is 10.6 Å². The topological polar surface area (TPSA) is 55.4 Å². The molecular formula is C22H21NO3S. The molecule has 1 atom stereocenters. The third-order valence-electron chi connectivity index (χ3n) is 4.16. The van der Waals surface area contributed by atoms with Crippen molar-refractivity contribution in [1.29, 1.82) is 0 Å². The van der Waals surface area contributed by atoms with Crippen LogP contribution in [0.2, 0.25) is 0 Å². The summed E-state index contributed by atoms with van der Waals surface area (Å²) in [5.41, 5.74) is 1.67. The van der Waals surface area contributed by atoms with Gasteiger partial charge in [-0.3, -0.25) is 9.59 Å². The van der Waals surface area contributed by atoms with Gasteiger partial charge in [-0.05, 0) is 48.4 Å². The Morgan fingerprint density at radius 1 is 1.00 bits per heavy atom. The van der Waals surface area contributed by atoms with Gasteiger partial charge in [0.25, 0.3) is 5.91 Å². The molecule has 0 aliphatic carbocycles. The Bertz CT molecular complexity index is 970. The van der Waals surface area contributed by atoms with Crippen molar-refractivity contribution < 1.29 is 14.3 Å². The maximum absolute atomic E-state index is 12.2. The number of para-hydroxylation sites is 1. The van der Waals surface area contributed by atoms with E-state index in [0.29, 0.717) is 0 Å². The van der Waals surface area contributed by atoms with Crippen molar-refractivity contribution >= 4 is 40.1 Å². The number of carbonyl (C=O) groups excluding carboxylic acids is 2. The summed E-state index contributed by atoms with van der Waals surface area (Å²) in [6.45, 7) is 3.48. The predicted molar refractivity (Wildman–Crippen MR) is 110 cm³/mol. The average Bonchev–Trinajstić information content (AvgIpc) is 2.68. The predicted octanol–water partition coefficient (Wildman–Crippen LogP) is 4.81. The quantitative estimate of drug-likeness (QED) is 0.493. The smallest absolute Gasteiger partial charge is 0.317 e. The normalized spacial score (nSPS) is 11.8. The maximum atomic E-state index is 12.2. The van der Waals surface area contributed by atoms with Crippen LogP contribution < -0.4 is 5.32 Å². The Kier molecular flexibility index (Phi) is 6.14. The summed E-state index contributed by atoms with van der Waals surface area (Å²) in [6.07, 6.45) is -0.852. The number of esters is 1. The first-order chi connectivity index (χ1) is 13.0. The van der Waals surface area contributed by atoms with Crippen molar-refractivity contribution in [3.8, 4) is 0 Å². The first kappa shape index (κ1) is 19.0. The Morgan fingerprint density at radius 2 is 1.70 bits per heavy atom. The number of anilines is 1. The maximum Gasteiger partial charge on any atom is 0.317 e. The van der Waals surface area contributed by atoms with Crippen LogP contribution in [0.1, 0.15) is 12.5 Å². The van der Waals surface area contributed by atoms with Gasteiger partial charge in [-0.2, -0.15) is 0 Å².